The second-order valence-electron chi connectivity index (χ2n) is 3.77. The van der Waals surface area contributed by atoms with Gasteiger partial charge in [0, 0.05) is 12.3 Å². The summed E-state index contributed by atoms with van der Waals surface area (Å²) in [6.07, 6.45) is 1.33. The van der Waals surface area contributed by atoms with Crippen LogP contribution in [0.5, 0.6) is 6.01 Å². The molecule has 2 aromatic rings. The highest BCUT2D eigenvalue weighted by molar-refractivity contribution is 7.99. The fourth-order valence-electron chi connectivity index (χ4n) is 1.15. The molecule has 0 unspecified atom stereocenters. The lowest BCUT2D eigenvalue weighted by Gasteiger charge is -2.08. The van der Waals surface area contributed by atoms with Gasteiger partial charge >= 0.3 is 6.01 Å². The van der Waals surface area contributed by atoms with Gasteiger partial charge in [-0.15, -0.1) is 0 Å². The molecule has 0 bridgehead atoms. The van der Waals surface area contributed by atoms with Crippen molar-refractivity contribution < 1.29 is 4.74 Å². The number of ether oxygens (including phenoxy) is 1. The average molecular weight is 280 g/mol. The Kier molecular flexibility index (Phi) is 3.95. The van der Waals surface area contributed by atoms with Crippen LogP contribution in [0.3, 0.4) is 0 Å². The molecule has 0 amide bonds. The summed E-state index contributed by atoms with van der Waals surface area (Å²) >= 11 is 1.07. The highest BCUT2D eigenvalue weighted by Gasteiger charge is 2.09. The van der Waals surface area contributed by atoms with Crippen molar-refractivity contribution in [2.75, 3.05) is 5.73 Å². The minimum Gasteiger partial charge on any atom is -0.461 e. The van der Waals surface area contributed by atoms with Crippen molar-refractivity contribution in [2.45, 2.75) is 30.3 Å². The van der Waals surface area contributed by atoms with E-state index in [9.17, 15) is 4.79 Å². The minimum absolute atomic E-state index is 0.0476. The molecule has 0 fully saturated rings. The minimum atomic E-state index is -0.252. The molecule has 19 heavy (non-hydrogen) atoms. The maximum atomic E-state index is 11.1. The van der Waals surface area contributed by atoms with Crippen molar-refractivity contribution >= 4 is 17.7 Å². The van der Waals surface area contributed by atoms with Gasteiger partial charge in [-0.25, -0.2) is 4.98 Å². The van der Waals surface area contributed by atoms with E-state index in [1.165, 1.54) is 12.3 Å². The summed E-state index contributed by atoms with van der Waals surface area (Å²) < 4.78 is 5.35. The summed E-state index contributed by atoms with van der Waals surface area (Å²) in [6.45, 7) is 3.70. The van der Waals surface area contributed by atoms with Gasteiger partial charge in [-0.3, -0.25) is 4.79 Å². The summed E-state index contributed by atoms with van der Waals surface area (Å²) in [6, 6.07) is 1.46. The number of nitrogens with two attached hydrogens (primary N) is 1. The van der Waals surface area contributed by atoms with Gasteiger partial charge in [-0.2, -0.15) is 15.0 Å². The fourth-order valence-corrected chi connectivity index (χ4v) is 1.85. The number of H-pyrrole nitrogens is 1. The van der Waals surface area contributed by atoms with Crippen molar-refractivity contribution in [1.29, 1.82) is 0 Å². The number of nitrogen functional groups attached to an aromatic ring is 1. The third-order valence-electron chi connectivity index (χ3n) is 1.79. The van der Waals surface area contributed by atoms with Crippen LogP contribution in [0, 0.1) is 0 Å². The van der Waals surface area contributed by atoms with Gasteiger partial charge in [0.15, 0.2) is 5.16 Å². The Morgan fingerprint density at radius 2 is 2.16 bits per heavy atom. The standard InChI is InChI=1S/C10H12N6O2S/c1-5(2)18-8-14-7(11)15-10(16-8)19-9-12-4-3-6(17)13-9/h3-5H,1-2H3,(H,12,13,17)(H2,11,14,15,16). The highest BCUT2D eigenvalue weighted by Crippen LogP contribution is 2.21. The van der Waals surface area contributed by atoms with Gasteiger partial charge in [0.25, 0.3) is 5.56 Å². The zero-order valence-corrected chi connectivity index (χ0v) is 11.1. The van der Waals surface area contributed by atoms with Crippen LogP contribution in [-0.2, 0) is 0 Å². The number of anilines is 1. The van der Waals surface area contributed by atoms with Crippen molar-refractivity contribution in [3.8, 4) is 6.01 Å². The Bertz CT molecular complexity index is 629. The van der Waals surface area contributed by atoms with Gasteiger partial charge < -0.3 is 15.5 Å². The molecule has 0 saturated heterocycles. The normalized spacial score (nSPS) is 10.7. The Labute approximate surface area is 112 Å². The van der Waals surface area contributed by atoms with E-state index in [0.717, 1.165) is 11.8 Å². The van der Waals surface area contributed by atoms with Gasteiger partial charge in [-0.1, -0.05) is 0 Å². The summed E-state index contributed by atoms with van der Waals surface area (Å²) in [5.41, 5.74) is 5.32. The SMILES string of the molecule is CC(C)Oc1nc(N)nc(Sc2nccc(=O)[nH]2)n1. The molecule has 2 aromatic heterocycles. The van der Waals surface area contributed by atoms with E-state index in [-0.39, 0.29) is 23.6 Å². The molecule has 0 saturated carbocycles. The molecule has 0 aromatic carbocycles. The van der Waals surface area contributed by atoms with E-state index >= 15 is 0 Å². The van der Waals surface area contributed by atoms with Crippen LogP contribution in [0.15, 0.2) is 27.4 Å². The molecule has 2 heterocycles. The van der Waals surface area contributed by atoms with Gasteiger partial charge in [0.1, 0.15) is 0 Å². The quantitative estimate of drug-likeness (QED) is 0.776. The molecule has 8 nitrogen and oxygen atoms in total. The Morgan fingerprint density at radius 3 is 2.84 bits per heavy atom. The summed E-state index contributed by atoms with van der Waals surface area (Å²) in [7, 11) is 0. The van der Waals surface area contributed by atoms with Crippen molar-refractivity contribution in [3.63, 3.8) is 0 Å². The monoisotopic (exact) mass is 280 g/mol. The first-order chi connectivity index (χ1) is 9.02. The van der Waals surface area contributed by atoms with E-state index in [0.29, 0.717) is 10.3 Å². The fraction of sp³-hybridized carbons (Fsp3) is 0.300. The highest BCUT2D eigenvalue weighted by atomic mass is 32.2. The maximum absolute atomic E-state index is 11.1. The van der Waals surface area contributed by atoms with Crippen LogP contribution in [0.25, 0.3) is 0 Å². The number of hydrogen-bond acceptors (Lipinski definition) is 8. The summed E-state index contributed by atoms with van der Waals surface area (Å²) in [5, 5.41) is 0.672. The predicted octanol–water partition coefficient (Wildman–Crippen LogP) is 0.475. The van der Waals surface area contributed by atoms with E-state index in [1.807, 2.05) is 13.8 Å². The predicted molar refractivity (Wildman–Crippen MR) is 69.0 cm³/mol. The summed E-state index contributed by atoms with van der Waals surface area (Å²) in [4.78, 5) is 29.6. The zero-order valence-electron chi connectivity index (χ0n) is 10.3. The number of aromatic nitrogens is 5. The molecule has 0 aliphatic rings. The van der Waals surface area contributed by atoms with Crippen LogP contribution in [-0.4, -0.2) is 31.0 Å². The van der Waals surface area contributed by atoms with E-state index in [4.69, 9.17) is 10.5 Å². The van der Waals surface area contributed by atoms with E-state index < -0.39 is 0 Å². The van der Waals surface area contributed by atoms with Gasteiger partial charge in [0.05, 0.1) is 6.10 Å². The molecule has 2 rings (SSSR count). The van der Waals surface area contributed by atoms with Gasteiger partial charge in [-0.05, 0) is 25.6 Å². The van der Waals surface area contributed by atoms with E-state index in [1.54, 1.807) is 0 Å². The second-order valence-corrected chi connectivity index (χ2v) is 4.72. The number of aromatic amines is 1. The van der Waals surface area contributed by atoms with Crippen LogP contribution in [0.2, 0.25) is 0 Å². The Balaban J connectivity index is 2.25. The van der Waals surface area contributed by atoms with Crippen molar-refractivity contribution in [2.24, 2.45) is 0 Å². The third kappa shape index (κ3) is 3.91. The summed E-state index contributed by atoms with van der Waals surface area (Å²) in [5.74, 6) is 0.0476. The number of nitrogens with zero attached hydrogens (tertiary/aromatic N) is 4. The molecule has 0 atom stereocenters. The number of hydrogen-bond donors (Lipinski definition) is 2. The molecule has 0 radical (unpaired) electrons. The lowest BCUT2D eigenvalue weighted by atomic mass is 10.5. The van der Waals surface area contributed by atoms with Crippen LogP contribution < -0.4 is 16.0 Å². The Morgan fingerprint density at radius 1 is 1.37 bits per heavy atom. The smallest absolute Gasteiger partial charge is 0.322 e. The van der Waals surface area contributed by atoms with Gasteiger partial charge in [0.2, 0.25) is 11.1 Å². The average Bonchev–Trinajstić information content (AvgIpc) is 2.26. The molecule has 0 aliphatic carbocycles. The van der Waals surface area contributed by atoms with Crippen LogP contribution in [0.1, 0.15) is 13.8 Å². The molecular weight excluding hydrogens is 268 g/mol. The maximum Gasteiger partial charge on any atom is 0.322 e. The Hall–Kier alpha value is -2.16. The lowest BCUT2D eigenvalue weighted by Crippen LogP contribution is -2.11. The zero-order chi connectivity index (χ0) is 13.8. The van der Waals surface area contributed by atoms with Crippen molar-refractivity contribution in [1.82, 2.24) is 24.9 Å². The van der Waals surface area contributed by atoms with Crippen molar-refractivity contribution in [3.05, 3.63) is 22.6 Å². The number of nitrogens with one attached hydrogen (secondary N) is 1. The second kappa shape index (κ2) is 5.65. The largest absolute Gasteiger partial charge is 0.461 e. The third-order valence-corrected chi connectivity index (χ3v) is 2.55. The topological polar surface area (TPSA) is 120 Å². The van der Waals surface area contributed by atoms with Crippen LogP contribution >= 0.6 is 11.8 Å². The molecular formula is C10H12N6O2S. The van der Waals surface area contributed by atoms with E-state index in [2.05, 4.69) is 24.9 Å². The molecule has 3 N–H and O–H groups in total. The first-order valence-electron chi connectivity index (χ1n) is 5.44. The lowest BCUT2D eigenvalue weighted by molar-refractivity contribution is 0.219. The first-order valence-corrected chi connectivity index (χ1v) is 6.26. The van der Waals surface area contributed by atoms with Crippen LogP contribution in [0.4, 0.5) is 5.95 Å². The molecule has 0 aliphatic heterocycles. The number of rotatable bonds is 4. The first kappa shape index (κ1) is 13.3. The molecule has 9 heteroatoms. The molecule has 0 spiro atoms. The molecule has 100 valence electrons.